The maximum absolute atomic E-state index is 12.3. The summed E-state index contributed by atoms with van der Waals surface area (Å²) in [7, 11) is 2.84. The first kappa shape index (κ1) is 26.2. The Balaban J connectivity index is 2.05. The second-order valence-corrected chi connectivity index (χ2v) is 8.70. The number of ether oxygens (including phenoxy) is 3. The van der Waals surface area contributed by atoms with Gasteiger partial charge in [-0.25, -0.2) is 9.59 Å². The molecule has 0 heterocycles. The molecule has 3 N–H and O–H groups in total. The molecule has 33 heavy (non-hydrogen) atoms. The average molecular weight is 459 g/mol. The van der Waals surface area contributed by atoms with Crippen LogP contribution in [0.15, 0.2) is 48.5 Å². The average Bonchev–Trinajstić information content (AvgIpc) is 2.77. The van der Waals surface area contributed by atoms with Crippen LogP contribution in [0.4, 0.5) is 4.79 Å². The zero-order valence-corrected chi connectivity index (χ0v) is 19.9. The van der Waals surface area contributed by atoms with Crippen LogP contribution in [0, 0.1) is 0 Å². The molecule has 0 spiro atoms. The second-order valence-electron chi connectivity index (χ2n) is 8.70. The molecule has 180 valence electrons. The molecule has 0 aromatic heterocycles. The fraction of sp³-hybridized carbons (Fsp3) is 0.440. The van der Waals surface area contributed by atoms with Crippen molar-refractivity contribution in [2.24, 2.45) is 0 Å². The quantitative estimate of drug-likeness (QED) is 0.470. The zero-order chi connectivity index (χ0) is 24.4. The van der Waals surface area contributed by atoms with Crippen molar-refractivity contribution in [2.45, 2.75) is 51.5 Å². The van der Waals surface area contributed by atoms with Crippen molar-refractivity contribution in [3.8, 4) is 5.75 Å². The van der Waals surface area contributed by atoms with Gasteiger partial charge in [0.15, 0.2) is 0 Å². The summed E-state index contributed by atoms with van der Waals surface area (Å²) in [6.07, 6.45) is -1.03. The standard InChI is InChI=1S/C25H34N2O6/c1-25(2,3)33-24(30)27-21(13-17-9-7-6-8-10-17)22(28)16-26-15-18-11-19(23(29)32-5)14-20(12-18)31-4/h6-12,14,21-22,26,28H,13,15-16H2,1-5H3,(H,27,30). The molecular weight excluding hydrogens is 424 g/mol. The van der Waals surface area contributed by atoms with Crippen molar-refractivity contribution in [3.63, 3.8) is 0 Å². The maximum Gasteiger partial charge on any atom is 0.407 e. The molecule has 2 rings (SSSR count). The van der Waals surface area contributed by atoms with Crippen molar-refractivity contribution in [2.75, 3.05) is 20.8 Å². The molecule has 1 amide bonds. The highest BCUT2D eigenvalue weighted by molar-refractivity contribution is 5.90. The molecule has 0 fully saturated rings. The molecule has 0 saturated carbocycles. The summed E-state index contributed by atoms with van der Waals surface area (Å²) in [5, 5.41) is 16.8. The topological polar surface area (TPSA) is 106 Å². The van der Waals surface area contributed by atoms with Crippen LogP contribution < -0.4 is 15.4 Å². The summed E-state index contributed by atoms with van der Waals surface area (Å²) in [6, 6.07) is 14.1. The molecule has 0 radical (unpaired) electrons. The van der Waals surface area contributed by atoms with Crippen molar-refractivity contribution >= 4 is 12.1 Å². The molecule has 8 heteroatoms. The number of amides is 1. The molecule has 0 aliphatic carbocycles. The first-order valence-corrected chi connectivity index (χ1v) is 10.8. The highest BCUT2D eigenvalue weighted by atomic mass is 16.6. The highest BCUT2D eigenvalue weighted by Gasteiger charge is 2.25. The lowest BCUT2D eigenvalue weighted by atomic mass is 10.0. The fourth-order valence-electron chi connectivity index (χ4n) is 3.23. The number of esters is 1. The number of hydrogen-bond acceptors (Lipinski definition) is 7. The van der Waals surface area contributed by atoms with Crippen molar-refractivity contribution in [3.05, 3.63) is 65.2 Å². The van der Waals surface area contributed by atoms with E-state index < -0.39 is 29.8 Å². The summed E-state index contributed by atoms with van der Waals surface area (Å²) < 4.78 is 15.4. The molecule has 2 unspecified atom stereocenters. The Kier molecular flexibility index (Phi) is 9.69. The maximum atomic E-state index is 12.3. The van der Waals surface area contributed by atoms with Crippen LogP contribution in [0.25, 0.3) is 0 Å². The van der Waals surface area contributed by atoms with Crippen LogP contribution in [0.5, 0.6) is 5.75 Å². The third-order valence-corrected chi connectivity index (χ3v) is 4.77. The number of aliphatic hydroxyl groups excluding tert-OH is 1. The summed E-state index contributed by atoms with van der Waals surface area (Å²) in [6.45, 7) is 5.94. The Hall–Kier alpha value is -3.10. The van der Waals surface area contributed by atoms with Crippen molar-refractivity contribution in [1.82, 2.24) is 10.6 Å². The summed E-state index contributed by atoms with van der Waals surface area (Å²) >= 11 is 0. The number of carbonyl (C=O) groups excluding carboxylic acids is 2. The minimum atomic E-state index is -0.886. The van der Waals surface area contributed by atoms with Crippen molar-refractivity contribution < 1.29 is 28.9 Å². The van der Waals surface area contributed by atoms with Gasteiger partial charge >= 0.3 is 12.1 Å². The molecule has 8 nitrogen and oxygen atoms in total. The Morgan fingerprint density at radius 3 is 2.33 bits per heavy atom. The fourth-order valence-corrected chi connectivity index (χ4v) is 3.23. The lowest BCUT2D eigenvalue weighted by molar-refractivity contribution is 0.0422. The molecule has 0 bridgehead atoms. The van der Waals surface area contributed by atoms with E-state index in [-0.39, 0.29) is 6.54 Å². The largest absolute Gasteiger partial charge is 0.497 e. The van der Waals surface area contributed by atoms with Gasteiger partial charge in [0.05, 0.1) is 31.9 Å². The molecule has 0 aliphatic rings. The molecule has 0 aliphatic heterocycles. The predicted octanol–water partition coefficient (Wildman–Crippen LogP) is 3.07. The van der Waals surface area contributed by atoms with Gasteiger partial charge in [-0.15, -0.1) is 0 Å². The number of methoxy groups -OCH3 is 2. The predicted molar refractivity (Wildman–Crippen MR) is 125 cm³/mol. The van der Waals surface area contributed by atoms with E-state index in [2.05, 4.69) is 10.6 Å². The van der Waals surface area contributed by atoms with E-state index in [1.54, 1.807) is 39.0 Å². The Morgan fingerprint density at radius 1 is 1.03 bits per heavy atom. The van der Waals surface area contributed by atoms with Crippen LogP contribution >= 0.6 is 0 Å². The third kappa shape index (κ3) is 9.11. The van der Waals surface area contributed by atoms with Gasteiger partial charge in [0.25, 0.3) is 0 Å². The zero-order valence-electron chi connectivity index (χ0n) is 19.9. The first-order valence-electron chi connectivity index (χ1n) is 10.8. The Morgan fingerprint density at radius 2 is 1.73 bits per heavy atom. The van der Waals surface area contributed by atoms with Gasteiger partial charge in [-0.05, 0) is 56.5 Å². The van der Waals surface area contributed by atoms with E-state index in [0.29, 0.717) is 24.3 Å². The molecule has 2 atom stereocenters. The normalized spacial score (nSPS) is 13.0. The second kappa shape index (κ2) is 12.2. The van der Waals surface area contributed by atoms with Gasteiger partial charge in [0, 0.05) is 13.1 Å². The summed E-state index contributed by atoms with van der Waals surface area (Å²) in [5.74, 6) is 0.0727. The van der Waals surface area contributed by atoms with Crippen molar-refractivity contribution in [1.29, 1.82) is 0 Å². The number of carbonyl (C=O) groups is 2. The van der Waals surface area contributed by atoms with Gasteiger partial charge in [0.1, 0.15) is 11.4 Å². The van der Waals surface area contributed by atoms with Gasteiger partial charge in [-0.2, -0.15) is 0 Å². The van der Waals surface area contributed by atoms with E-state index in [1.165, 1.54) is 14.2 Å². The number of hydrogen-bond donors (Lipinski definition) is 3. The van der Waals surface area contributed by atoms with Gasteiger partial charge in [-0.3, -0.25) is 0 Å². The van der Waals surface area contributed by atoms with E-state index in [1.807, 2.05) is 30.3 Å². The minimum Gasteiger partial charge on any atom is -0.497 e. The smallest absolute Gasteiger partial charge is 0.407 e. The number of nitrogens with one attached hydrogen (secondary N) is 2. The van der Waals surface area contributed by atoms with E-state index in [0.717, 1.165) is 11.1 Å². The van der Waals surface area contributed by atoms with E-state index >= 15 is 0 Å². The highest BCUT2D eigenvalue weighted by Crippen LogP contribution is 2.18. The first-order chi connectivity index (χ1) is 15.6. The van der Waals surface area contributed by atoms with Gasteiger partial charge in [0.2, 0.25) is 0 Å². The van der Waals surface area contributed by atoms with E-state index in [4.69, 9.17) is 14.2 Å². The molecule has 0 saturated heterocycles. The van der Waals surface area contributed by atoms with Crippen LogP contribution in [0.2, 0.25) is 0 Å². The Labute approximate surface area is 195 Å². The number of alkyl carbamates (subject to hydrolysis) is 1. The third-order valence-electron chi connectivity index (χ3n) is 4.77. The minimum absolute atomic E-state index is 0.206. The van der Waals surface area contributed by atoms with E-state index in [9.17, 15) is 14.7 Å². The summed E-state index contributed by atoms with van der Waals surface area (Å²) in [4.78, 5) is 24.2. The lowest BCUT2D eigenvalue weighted by Gasteiger charge is -2.27. The lowest BCUT2D eigenvalue weighted by Crippen LogP contribution is -2.49. The number of aliphatic hydroxyl groups is 1. The van der Waals surface area contributed by atoms with Crippen LogP contribution in [0.3, 0.4) is 0 Å². The van der Waals surface area contributed by atoms with Gasteiger partial charge < -0.3 is 30.0 Å². The number of benzene rings is 2. The molecular formula is C25H34N2O6. The summed E-state index contributed by atoms with van der Waals surface area (Å²) in [5.41, 5.74) is 1.51. The van der Waals surface area contributed by atoms with Crippen LogP contribution in [0.1, 0.15) is 42.3 Å². The van der Waals surface area contributed by atoms with Crippen LogP contribution in [-0.4, -0.2) is 55.7 Å². The molecule has 2 aromatic carbocycles. The molecule has 2 aromatic rings. The SMILES string of the molecule is COC(=O)c1cc(CNCC(O)C(Cc2ccccc2)NC(=O)OC(C)(C)C)cc(OC)c1. The number of rotatable bonds is 10. The Bertz CT molecular complexity index is 911. The van der Waals surface area contributed by atoms with Gasteiger partial charge in [-0.1, -0.05) is 30.3 Å². The monoisotopic (exact) mass is 458 g/mol. The van der Waals surface area contributed by atoms with Crippen LogP contribution in [-0.2, 0) is 22.4 Å².